The van der Waals surface area contributed by atoms with Crippen LogP contribution in [0.3, 0.4) is 0 Å². The van der Waals surface area contributed by atoms with Crippen molar-refractivity contribution >= 4 is 33.5 Å². The fraction of sp³-hybridized carbons (Fsp3) is 0.647. The molecule has 7 nitrogen and oxygen atoms in total. The SMILES string of the molecule is CCc1noc2ncc(S(=O)(=O)N3CCC(NCC4CC4)CC3)cc12.Cl. The van der Waals surface area contributed by atoms with Gasteiger partial charge in [-0.15, -0.1) is 12.4 Å². The van der Waals surface area contributed by atoms with Crippen molar-refractivity contribution in [3.8, 4) is 0 Å². The lowest BCUT2D eigenvalue weighted by atomic mass is 10.1. The fourth-order valence-electron chi connectivity index (χ4n) is 3.36. The van der Waals surface area contributed by atoms with Gasteiger partial charge in [0.25, 0.3) is 5.71 Å². The minimum absolute atomic E-state index is 0. The van der Waals surface area contributed by atoms with Crippen molar-refractivity contribution in [2.45, 2.75) is 50.0 Å². The van der Waals surface area contributed by atoms with Gasteiger partial charge < -0.3 is 9.84 Å². The summed E-state index contributed by atoms with van der Waals surface area (Å²) in [5.41, 5.74) is 1.13. The van der Waals surface area contributed by atoms with E-state index in [1.807, 2.05) is 6.92 Å². The van der Waals surface area contributed by atoms with Crippen molar-refractivity contribution in [3.05, 3.63) is 18.0 Å². The second-order valence-corrected chi connectivity index (χ2v) is 8.97. The molecule has 1 aliphatic carbocycles. The van der Waals surface area contributed by atoms with Crippen LogP contribution in [0.5, 0.6) is 0 Å². The van der Waals surface area contributed by atoms with Gasteiger partial charge in [0.05, 0.1) is 17.3 Å². The first-order valence-electron chi connectivity index (χ1n) is 9.05. The molecular weight excluding hydrogens is 376 g/mol. The number of nitrogens with one attached hydrogen (secondary N) is 1. The molecule has 0 atom stereocenters. The number of piperidine rings is 1. The molecule has 4 rings (SSSR count). The minimum atomic E-state index is -3.53. The van der Waals surface area contributed by atoms with E-state index >= 15 is 0 Å². The Morgan fingerprint density at radius 2 is 2.00 bits per heavy atom. The molecule has 0 aromatic carbocycles. The summed E-state index contributed by atoms with van der Waals surface area (Å²) in [6, 6.07) is 2.07. The van der Waals surface area contributed by atoms with E-state index in [4.69, 9.17) is 4.52 Å². The van der Waals surface area contributed by atoms with Crippen molar-refractivity contribution in [2.75, 3.05) is 19.6 Å². The summed E-state index contributed by atoms with van der Waals surface area (Å²) in [5.74, 6) is 0.843. The quantitative estimate of drug-likeness (QED) is 0.800. The van der Waals surface area contributed by atoms with Crippen molar-refractivity contribution in [2.24, 2.45) is 5.92 Å². The number of aryl methyl sites for hydroxylation is 1. The highest BCUT2D eigenvalue weighted by Crippen LogP contribution is 2.29. The van der Waals surface area contributed by atoms with Gasteiger partial charge in [-0.3, -0.25) is 0 Å². The minimum Gasteiger partial charge on any atom is -0.336 e. The van der Waals surface area contributed by atoms with Crippen molar-refractivity contribution in [1.29, 1.82) is 0 Å². The molecule has 0 unspecified atom stereocenters. The zero-order valence-corrected chi connectivity index (χ0v) is 16.5. The number of nitrogens with zero attached hydrogens (tertiary/aromatic N) is 3. The van der Waals surface area contributed by atoms with E-state index < -0.39 is 10.0 Å². The highest BCUT2D eigenvalue weighted by molar-refractivity contribution is 7.89. The largest absolute Gasteiger partial charge is 0.336 e. The smallest absolute Gasteiger partial charge is 0.258 e. The second kappa shape index (κ2) is 7.80. The summed E-state index contributed by atoms with van der Waals surface area (Å²) in [6.45, 7) is 4.13. The lowest BCUT2D eigenvalue weighted by Crippen LogP contribution is -2.45. The van der Waals surface area contributed by atoms with Gasteiger partial charge in [0.1, 0.15) is 4.90 Å². The van der Waals surface area contributed by atoms with Crippen LogP contribution in [0.2, 0.25) is 0 Å². The number of sulfonamides is 1. The number of fused-ring (bicyclic) bond motifs is 1. The lowest BCUT2D eigenvalue weighted by molar-refractivity contribution is 0.288. The predicted molar refractivity (Wildman–Crippen MR) is 101 cm³/mol. The van der Waals surface area contributed by atoms with E-state index in [0.29, 0.717) is 36.7 Å². The second-order valence-electron chi connectivity index (χ2n) is 7.04. The molecule has 2 aromatic rings. The third-order valence-electron chi connectivity index (χ3n) is 5.20. The van der Waals surface area contributed by atoms with Crippen molar-refractivity contribution in [1.82, 2.24) is 19.8 Å². The van der Waals surface area contributed by atoms with Gasteiger partial charge in [0.2, 0.25) is 10.0 Å². The van der Waals surface area contributed by atoms with Gasteiger partial charge in [-0.2, -0.15) is 4.31 Å². The summed E-state index contributed by atoms with van der Waals surface area (Å²) >= 11 is 0. The van der Waals surface area contributed by atoms with E-state index in [-0.39, 0.29) is 17.3 Å². The Morgan fingerprint density at radius 1 is 1.27 bits per heavy atom. The Balaban J connectivity index is 0.00000196. The normalized spacial score (nSPS) is 19.6. The van der Waals surface area contributed by atoms with E-state index in [1.54, 1.807) is 10.4 Å². The molecule has 0 amide bonds. The van der Waals surface area contributed by atoms with Gasteiger partial charge in [-0.1, -0.05) is 12.1 Å². The summed E-state index contributed by atoms with van der Waals surface area (Å²) in [7, 11) is -3.53. The average Bonchev–Trinajstić information content (AvgIpc) is 3.37. The van der Waals surface area contributed by atoms with Crippen LogP contribution in [0, 0.1) is 5.92 Å². The maximum absolute atomic E-state index is 12.9. The fourth-order valence-corrected chi connectivity index (χ4v) is 4.80. The molecule has 1 N–H and O–H groups in total. The number of hydrogen-bond donors (Lipinski definition) is 1. The Morgan fingerprint density at radius 3 is 2.65 bits per heavy atom. The number of hydrogen-bond acceptors (Lipinski definition) is 6. The molecule has 26 heavy (non-hydrogen) atoms. The molecule has 0 spiro atoms. The zero-order valence-electron chi connectivity index (χ0n) is 14.8. The third kappa shape index (κ3) is 3.88. The standard InChI is InChI=1S/C17H24N4O3S.ClH/c1-2-16-15-9-14(11-19-17(15)24-20-16)25(22,23)21-7-5-13(6-8-21)18-10-12-3-4-12;/h9,11-13,18H,2-8,10H2,1H3;1H. The van der Waals surface area contributed by atoms with E-state index in [0.717, 1.165) is 31.0 Å². The first-order valence-corrected chi connectivity index (χ1v) is 10.5. The van der Waals surface area contributed by atoms with Crippen LogP contribution in [0.4, 0.5) is 0 Å². The number of rotatable bonds is 6. The number of halogens is 1. The average molecular weight is 401 g/mol. The molecule has 1 aliphatic heterocycles. The molecule has 2 aliphatic rings. The van der Waals surface area contributed by atoms with Crippen LogP contribution < -0.4 is 5.32 Å². The summed E-state index contributed by atoms with van der Waals surface area (Å²) in [5, 5.41) is 8.21. The Bertz CT molecular complexity index is 858. The van der Waals surface area contributed by atoms with Gasteiger partial charge in [-0.25, -0.2) is 13.4 Å². The van der Waals surface area contributed by atoms with Crippen LogP contribution >= 0.6 is 12.4 Å². The summed E-state index contributed by atoms with van der Waals surface area (Å²) in [4.78, 5) is 4.36. The van der Waals surface area contributed by atoms with E-state index in [2.05, 4.69) is 15.5 Å². The number of pyridine rings is 1. The first-order chi connectivity index (χ1) is 12.1. The molecule has 0 bridgehead atoms. The summed E-state index contributed by atoms with van der Waals surface area (Å²) in [6.07, 6.45) is 6.43. The molecule has 1 saturated carbocycles. The lowest BCUT2D eigenvalue weighted by Gasteiger charge is -2.31. The van der Waals surface area contributed by atoms with Crippen LogP contribution in [0.1, 0.15) is 38.3 Å². The monoisotopic (exact) mass is 400 g/mol. The molecule has 2 fully saturated rings. The maximum atomic E-state index is 12.9. The van der Waals surface area contributed by atoms with Crippen molar-refractivity contribution < 1.29 is 12.9 Å². The molecule has 144 valence electrons. The van der Waals surface area contributed by atoms with Crippen LogP contribution in [-0.4, -0.2) is 48.5 Å². The van der Waals surface area contributed by atoms with Gasteiger partial charge in [0, 0.05) is 19.1 Å². The van der Waals surface area contributed by atoms with Gasteiger partial charge in [-0.05, 0) is 50.6 Å². The van der Waals surface area contributed by atoms with Gasteiger partial charge in [0.15, 0.2) is 0 Å². The predicted octanol–water partition coefficient (Wildman–Crippen LogP) is 2.36. The third-order valence-corrected chi connectivity index (χ3v) is 7.06. The topological polar surface area (TPSA) is 88.3 Å². The first kappa shape index (κ1) is 19.5. The van der Waals surface area contributed by atoms with E-state index in [9.17, 15) is 8.42 Å². The Labute approximate surface area is 160 Å². The molecule has 9 heteroatoms. The van der Waals surface area contributed by atoms with E-state index in [1.165, 1.54) is 19.0 Å². The van der Waals surface area contributed by atoms with Crippen molar-refractivity contribution in [3.63, 3.8) is 0 Å². The van der Waals surface area contributed by atoms with Crippen LogP contribution in [0.15, 0.2) is 21.7 Å². The molecule has 2 aromatic heterocycles. The highest BCUT2D eigenvalue weighted by Gasteiger charge is 2.31. The molecule has 1 saturated heterocycles. The Kier molecular flexibility index (Phi) is 5.86. The van der Waals surface area contributed by atoms with Crippen LogP contribution in [0.25, 0.3) is 11.1 Å². The molecule has 0 radical (unpaired) electrons. The van der Waals surface area contributed by atoms with Gasteiger partial charge >= 0.3 is 0 Å². The molecule has 3 heterocycles. The Hall–Kier alpha value is -1.22. The summed E-state index contributed by atoms with van der Waals surface area (Å²) < 4.78 is 32.6. The zero-order chi connectivity index (χ0) is 17.4. The highest BCUT2D eigenvalue weighted by atomic mass is 35.5. The van der Waals surface area contributed by atoms with Crippen LogP contribution in [-0.2, 0) is 16.4 Å². The number of aromatic nitrogens is 2. The maximum Gasteiger partial charge on any atom is 0.258 e. The molecular formula is C17H25ClN4O3S.